The van der Waals surface area contributed by atoms with E-state index < -0.39 is 0 Å². The second-order valence-electron chi connectivity index (χ2n) is 2.34. The van der Waals surface area contributed by atoms with Crippen LogP contribution in [0.15, 0.2) is 0 Å². The van der Waals surface area contributed by atoms with Gasteiger partial charge in [-0.25, -0.2) is 0 Å². The lowest BCUT2D eigenvalue weighted by Crippen LogP contribution is -2.27. The van der Waals surface area contributed by atoms with Crippen LogP contribution in [0.2, 0.25) is 0 Å². The standard InChI is InChI=1S/C6H12NO3/c1-7(8)10-6-4-2-3-5-9-6/h6H,2-5H2,1H3/q-1. The van der Waals surface area contributed by atoms with E-state index in [2.05, 4.69) is 0 Å². The first-order chi connectivity index (χ1) is 4.79. The van der Waals surface area contributed by atoms with Gasteiger partial charge < -0.3 is 9.94 Å². The van der Waals surface area contributed by atoms with Crippen molar-refractivity contribution >= 4 is 0 Å². The van der Waals surface area contributed by atoms with Gasteiger partial charge in [-0.1, -0.05) is 0 Å². The van der Waals surface area contributed by atoms with Crippen LogP contribution in [0.25, 0.3) is 0 Å². The fraction of sp³-hybridized carbons (Fsp3) is 1.00. The predicted molar refractivity (Wildman–Crippen MR) is 35.8 cm³/mol. The topological polar surface area (TPSA) is 44.8 Å². The number of nitrogens with zero attached hydrogens (tertiary/aromatic N) is 1. The lowest BCUT2D eigenvalue weighted by molar-refractivity contribution is -0.261. The number of hydroxylamine groups is 2. The minimum Gasteiger partial charge on any atom is -0.762 e. The molecule has 0 N–H and O–H groups in total. The minimum absolute atomic E-state index is 0.309. The van der Waals surface area contributed by atoms with E-state index >= 15 is 0 Å². The summed E-state index contributed by atoms with van der Waals surface area (Å²) in [6.45, 7) is 0.707. The van der Waals surface area contributed by atoms with Crippen LogP contribution in [0.4, 0.5) is 0 Å². The zero-order valence-corrected chi connectivity index (χ0v) is 6.08. The summed E-state index contributed by atoms with van der Waals surface area (Å²) in [5, 5.41) is 10.8. The van der Waals surface area contributed by atoms with Gasteiger partial charge in [-0.2, -0.15) is 0 Å². The Balaban J connectivity index is 2.13. The highest BCUT2D eigenvalue weighted by Gasteiger charge is 2.13. The van der Waals surface area contributed by atoms with E-state index in [0.717, 1.165) is 19.3 Å². The summed E-state index contributed by atoms with van der Waals surface area (Å²) in [6, 6.07) is 0. The van der Waals surface area contributed by atoms with Gasteiger partial charge >= 0.3 is 0 Å². The molecule has 0 aromatic rings. The van der Waals surface area contributed by atoms with Crippen molar-refractivity contribution in [1.29, 1.82) is 0 Å². The summed E-state index contributed by atoms with van der Waals surface area (Å²) >= 11 is 0. The molecule has 0 spiro atoms. The molecule has 4 heteroatoms. The summed E-state index contributed by atoms with van der Waals surface area (Å²) < 4.78 is 5.12. The third-order valence-electron chi connectivity index (χ3n) is 1.40. The molecule has 1 atom stereocenters. The fourth-order valence-corrected chi connectivity index (χ4v) is 0.960. The summed E-state index contributed by atoms with van der Waals surface area (Å²) in [5.74, 6) is 0. The van der Waals surface area contributed by atoms with E-state index in [1.165, 1.54) is 7.05 Å². The molecule has 4 nitrogen and oxygen atoms in total. The molecule has 1 heterocycles. The number of rotatable bonds is 2. The van der Waals surface area contributed by atoms with Gasteiger partial charge in [0.05, 0.1) is 0 Å². The maximum Gasteiger partial charge on any atom is 0.176 e. The predicted octanol–water partition coefficient (Wildman–Crippen LogP) is 0.874. The highest BCUT2D eigenvalue weighted by atomic mass is 16.9. The smallest absolute Gasteiger partial charge is 0.176 e. The Hall–Kier alpha value is -0.160. The molecular formula is C6H12NO3-. The highest BCUT2D eigenvalue weighted by Crippen LogP contribution is 2.13. The van der Waals surface area contributed by atoms with Crippen molar-refractivity contribution in [3.63, 3.8) is 0 Å². The summed E-state index contributed by atoms with van der Waals surface area (Å²) in [6.07, 6.45) is 2.67. The lowest BCUT2D eigenvalue weighted by Gasteiger charge is -2.29. The Labute approximate surface area is 60.2 Å². The second-order valence-corrected chi connectivity index (χ2v) is 2.34. The molecule has 0 aromatic heterocycles. The number of ether oxygens (including phenoxy) is 1. The van der Waals surface area contributed by atoms with Crippen LogP contribution in [-0.4, -0.2) is 25.2 Å². The van der Waals surface area contributed by atoms with Gasteiger partial charge in [-0.3, -0.25) is 10.1 Å². The lowest BCUT2D eigenvalue weighted by atomic mass is 10.2. The molecule has 0 aliphatic carbocycles. The van der Waals surface area contributed by atoms with Gasteiger partial charge in [0.2, 0.25) is 0 Å². The zero-order valence-electron chi connectivity index (χ0n) is 6.08. The van der Waals surface area contributed by atoms with Crippen LogP contribution >= 0.6 is 0 Å². The summed E-state index contributed by atoms with van der Waals surface area (Å²) in [5.41, 5.74) is 0. The maximum absolute atomic E-state index is 10.3. The molecule has 1 rings (SSSR count). The Morgan fingerprint density at radius 1 is 1.60 bits per heavy atom. The van der Waals surface area contributed by atoms with Crippen LogP contribution in [0.1, 0.15) is 19.3 Å². The van der Waals surface area contributed by atoms with Crippen molar-refractivity contribution in [3.8, 4) is 0 Å². The van der Waals surface area contributed by atoms with Gasteiger partial charge in [0, 0.05) is 13.0 Å². The number of hydrogen-bond acceptors (Lipinski definition) is 4. The fourth-order valence-electron chi connectivity index (χ4n) is 0.960. The highest BCUT2D eigenvalue weighted by molar-refractivity contribution is 4.52. The molecule has 0 amide bonds. The van der Waals surface area contributed by atoms with Crippen molar-refractivity contribution in [2.45, 2.75) is 25.6 Å². The van der Waals surface area contributed by atoms with Gasteiger partial charge in [0.15, 0.2) is 6.29 Å². The van der Waals surface area contributed by atoms with E-state index in [4.69, 9.17) is 9.57 Å². The largest absolute Gasteiger partial charge is 0.762 e. The molecule has 1 saturated heterocycles. The van der Waals surface area contributed by atoms with Crippen LogP contribution in [-0.2, 0) is 9.57 Å². The van der Waals surface area contributed by atoms with Crippen molar-refractivity contribution in [1.82, 2.24) is 5.23 Å². The second kappa shape index (κ2) is 3.88. The third kappa shape index (κ3) is 2.62. The first-order valence-electron chi connectivity index (χ1n) is 3.48. The summed E-state index contributed by atoms with van der Waals surface area (Å²) in [4.78, 5) is 4.75. The van der Waals surface area contributed by atoms with Crippen molar-refractivity contribution in [2.24, 2.45) is 0 Å². The zero-order chi connectivity index (χ0) is 7.40. The van der Waals surface area contributed by atoms with Gasteiger partial charge in [0.25, 0.3) is 0 Å². The van der Waals surface area contributed by atoms with Gasteiger partial charge in [-0.15, -0.1) is 0 Å². The molecule has 1 fully saturated rings. The van der Waals surface area contributed by atoms with Crippen LogP contribution in [0.5, 0.6) is 0 Å². The monoisotopic (exact) mass is 146 g/mol. The van der Waals surface area contributed by atoms with Gasteiger partial charge in [-0.05, 0) is 19.9 Å². The first kappa shape index (κ1) is 7.94. The Bertz CT molecular complexity index is 91.0. The Kier molecular flexibility index (Phi) is 3.08. The average Bonchev–Trinajstić information content (AvgIpc) is 1.88. The first-order valence-corrected chi connectivity index (χ1v) is 3.48. The third-order valence-corrected chi connectivity index (χ3v) is 1.40. The van der Waals surface area contributed by atoms with E-state index in [9.17, 15) is 5.21 Å². The molecule has 1 unspecified atom stereocenters. The number of hydrogen-bond donors (Lipinski definition) is 0. The molecule has 0 bridgehead atoms. The molecule has 10 heavy (non-hydrogen) atoms. The maximum atomic E-state index is 10.3. The van der Waals surface area contributed by atoms with Crippen LogP contribution in [0, 0.1) is 5.21 Å². The minimum atomic E-state index is -0.309. The Morgan fingerprint density at radius 2 is 2.40 bits per heavy atom. The van der Waals surface area contributed by atoms with Crippen LogP contribution < -0.4 is 0 Å². The van der Waals surface area contributed by atoms with Crippen molar-refractivity contribution in [3.05, 3.63) is 5.21 Å². The van der Waals surface area contributed by atoms with E-state index in [0.29, 0.717) is 11.8 Å². The van der Waals surface area contributed by atoms with E-state index in [-0.39, 0.29) is 6.29 Å². The molecule has 60 valence electrons. The molecular weight excluding hydrogens is 134 g/mol. The van der Waals surface area contributed by atoms with Crippen molar-refractivity contribution < 1.29 is 9.57 Å². The Morgan fingerprint density at radius 3 is 2.90 bits per heavy atom. The SMILES string of the molecule is CN([O-])OC1CCCCO1. The quantitative estimate of drug-likeness (QED) is 0.542. The normalized spacial score (nSPS) is 27.3. The van der Waals surface area contributed by atoms with E-state index in [1.54, 1.807) is 0 Å². The average molecular weight is 146 g/mol. The molecule has 1 aliphatic rings. The molecule has 1 aliphatic heterocycles. The van der Waals surface area contributed by atoms with Crippen molar-refractivity contribution in [2.75, 3.05) is 13.7 Å². The van der Waals surface area contributed by atoms with Crippen LogP contribution in [0.3, 0.4) is 0 Å². The molecule has 0 aromatic carbocycles. The van der Waals surface area contributed by atoms with E-state index in [1.807, 2.05) is 0 Å². The van der Waals surface area contributed by atoms with Gasteiger partial charge in [0.1, 0.15) is 0 Å². The molecule has 0 saturated carbocycles. The molecule has 0 radical (unpaired) electrons. The summed E-state index contributed by atoms with van der Waals surface area (Å²) in [7, 11) is 1.32.